The zero-order valence-electron chi connectivity index (χ0n) is 7.79. The van der Waals surface area contributed by atoms with E-state index in [1.54, 1.807) is 11.3 Å². The lowest BCUT2D eigenvalue weighted by Crippen LogP contribution is -2.09. The lowest BCUT2D eigenvalue weighted by molar-refractivity contribution is 0.510. The molecule has 0 saturated heterocycles. The van der Waals surface area contributed by atoms with Crippen molar-refractivity contribution in [3.05, 3.63) is 22.4 Å². The maximum Gasteiger partial charge on any atom is 0.0389 e. The second-order valence-corrected chi connectivity index (χ2v) is 4.57. The van der Waals surface area contributed by atoms with Crippen LogP contribution in [0.5, 0.6) is 0 Å². The monoisotopic (exact) mass is 183 g/mol. The van der Waals surface area contributed by atoms with Gasteiger partial charge < -0.3 is 5.73 Å². The van der Waals surface area contributed by atoms with E-state index in [-0.39, 0.29) is 6.04 Å². The maximum absolute atomic E-state index is 6.00. The molecule has 0 fully saturated rings. The van der Waals surface area contributed by atoms with Crippen LogP contribution in [0.3, 0.4) is 0 Å². The summed E-state index contributed by atoms with van der Waals surface area (Å²) >= 11 is 1.76. The molecular weight excluding hydrogens is 166 g/mol. The lowest BCUT2D eigenvalue weighted by Gasteiger charge is -2.10. The predicted molar refractivity (Wildman–Crippen MR) is 55.3 cm³/mol. The smallest absolute Gasteiger partial charge is 0.0389 e. The molecule has 0 aliphatic heterocycles. The lowest BCUT2D eigenvalue weighted by atomic mass is 10.0. The number of hydrogen-bond donors (Lipinski definition) is 1. The third-order valence-corrected chi connectivity index (χ3v) is 2.97. The number of thiophene rings is 1. The molecule has 0 aliphatic rings. The first-order valence-corrected chi connectivity index (χ1v) is 5.37. The first kappa shape index (κ1) is 9.75. The summed E-state index contributed by atoms with van der Waals surface area (Å²) in [5, 5.41) is 2.09. The van der Waals surface area contributed by atoms with E-state index in [4.69, 9.17) is 5.73 Å². The average molecular weight is 183 g/mol. The molecule has 2 N–H and O–H groups in total. The molecule has 1 aromatic rings. The Bertz CT molecular complexity index is 204. The van der Waals surface area contributed by atoms with E-state index < -0.39 is 0 Å². The molecule has 0 aromatic carbocycles. The minimum atomic E-state index is 0.257. The Balaban J connectivity index is 2.34. The van der Waals surface area contributed by atoms with Gasteiger partial charge in [-0.15, -0.1) is 11.3 Å². The third-order valence-electron chi connectivity index (χ3n) is 1.96. The van der Waals surface area contributed by atoms with Crippen LogP contribution in [0.4, 0.5) is 0 Å². The normalized spacial score (nSPS) is 13.7. The number of nitrogens with two attached hydrogens (primary N) is 1. The fourth-order valence-electron chi connectivity index (χ4n) is 1.16. The van der Waals surface area contributed by atoms with Crippen LogP contribution in [-0.4, -0.2) is 0 Å². The van der Waals surface area contributed by atoms with Gasteiger partial charge in [0.05, 0.1) is 0 Å². The predicted octanol–water partition coefficient (Wildman–Crippen LogP) is 3.18. The van der Waals surface area contributed by atoms with Gasteiger partial charge in [-0.05, 0) is 30.2 Å². The highest BCUT2D eigenvalue weighted by molar-refractivity contribution is 7.10. The second kappa shape index (κ2) is 4.63. The molecule has 0 spiro atoms. The summed E-state index contributed by atoms with van der Waals surface area (Å²) in [5.74, 6) is 0.760. The van der Waals surface area contributed by atoms with E-state index in [0.717, 1.165) is 12.3 Å². The molecule has 1 heterocycles. The summed E-state index contributed by atoms with van der Waals surface area (Å²) in [4.78, 5) is 1.32. The van der Waals surface area contributed by atoms with Gasteiger partial charge >= 0.3 is 0 Å². The van der Waals surface area contributed by atoms with Crippen LogP contribution in [0.25, 0.3) is 0 Å². The van der Waals surface area contributed by atoms with E-state index in [2.05, 4.69) is 31.4 Å². The van der Waals surface area contributed by atoms with Crippen LogP contribution in [0.2, 0.25) is 0 Å². The molecule has 1 aromatic heterocycles. The standard InChI is InChI=1S/C10H17NS/c1-8(2)5-6-9(11)10-4-3-7-12-10/h3-4,7-9H,5-6,11H2,1-2H3/t9-/m0/s1. The summed E-state index contributed by atoms with van der Waals surface area (Å²) in [7, 11) is 0. The molecule has 0 bridgehead atoms. The maximum atomic E-state index is 6.00. The fraction of sp³-hybridized carbons (Fsp3) is 0.600. The molecule has 0 radical (unpaired) electrons. The Kier molecular flexibility index (Phi) is 3.76. The minimum absolute atomic E-state index is 0.257. The Morgan fingerprint density at radius 1 is 1.42 bits per heavy atom. The van der Waals surface area contributed by atoms with Crippen LogP contribution in [0.15, 0.2) is 17.5 Å². The summed E-state index contributed by atoms with van der Waals surface area (Å²) in [6.45, 7) is 4.47. The van der Waals surface area contributed by atoms with E-state index in [9.17, 15) is 0 Å². The van der Waals surface area contributed by atoms with Crippen molar-refractivity contribution in [2.45, 2.75) is 32.7 Å². The molecular formula is C10H17NS. The molecule has 0 aliphatic carbocycles. The molecule has 1 nitrogen and oxygen atoms in total. The van der Waals surface area contributed by atoms with E-state index in [0.29, 0.717) is 0 Å². The quantitative estimate of drug-likeness (QED) is 0.762. The van der Waals surface area contributed by atoms with Crippen molar-refractivity contribution in [3.63, 3.8) is 0 Å². The molecule has 12 heavy (non-hydrogen) atoms. The van der Waals surface area contributed by atoms with Crippen molar-refractivity contribution in [3.8, 4) is 0 Å². The van der Waals surface area contributed by atoms with Crippen LogP contribution in [0.1, 0.15) is 37.6 Å². The first-order chi connectivity index (χ1) is 5.70. The molecule has 68 valence electrons. The Hall–Kier alpha value is -0.340. The molecule has 2 heteroatoms. The average Bonchev–Trinajstić information content (AvgIpc) is 2.51. The highest BCUT2D eigenvalue weighted by Gasteiger charge is 2.06. The van der Waals surface area contributed by atoms with E-state index in [1.165, 1.54) is 11.3 Å². The highest BCUT2D eigenvalue weighted by Crippen LogP contribution is 2.22. The minimum Gasteiger partial charge on any atom is -0.323 e. The van der Waals surface area contributed by atoms with Crippen LogP contribution in [-0.2, 0) is 0 Å². The Labute approximate surface area is 78.6 Å². The van der Waals surface area contributed by atoms with Crippen molar-refractivity contribution < 1.29 is 0 Å². The van der Waals surface area contributed by atoms with Crippen molar-refractivity contribution in [2.75, 3.05) is 0 Å². The van der Waals surface area contributed by atoms with Gasteiger partial charge in [0.2, 0.25) is 0 Å². The SMILES string of the molecule is CC(C)CC[C@H](N)c1cccs1. The Morgan fingerprint density at radius 2 is 2.17 bits per heavy atom. The zero-order chi connectivity index (χ0) is 8.97. The second-order valence-electron chi connectivity index (χ2n) is 3.59. The molecule has 0 unspecified atom stereocenters. The third kappa shape index (κ3) is 2.95. The van der Waals surface area contributed by atoms with Crippen molar-refractivity contribution in [1.29, 1.82) is 0 Å². The molecule has 1 atom stereocenters. The van der Waals surface area contributed by atoms with Gasteiger partial charge in [-0.3, -0.25) is 0 Å². The zero-order valence-corrected chi connectivity index (χ0v) is 8.60. The summed E-state index contributed by atoms with van der Waals surface area (Å²) in [6, 6.07) is 4.44. The summed E-state index contributed by atoms with van der Waals surface area (Å²) in [5.41, 5.74) is 6.00. The van der Waals surface area contributed by atoms with Crippen molar-refractivity contribution >= 4 is 11.3 Å². The van der Waals surface area contributed by atoms with E-state index in [1.807, 2.05) is 0 Å². The summed E-state index contributed by atoms with van der Waals surface area (Å²) < 4.78 is 0. The van der Waals surface area contributed by atoms with Gasteiger partial charge in [0.15, 0.2) is 0 Å². The largest absolute Gasteiger partial charge is 0.323 e. The molecule has 0 amide bonds. The van der Waals surface area contributed by atoms with E-state index >= 15 is 0 Å². The summed E-state index contributed by atoms with van der Waals surface area (Å²) in [6.07, 6.45) is 2.33. The van der Waals surface area contributed by atoms with Gasteiger partial charge in [0, 0.05) is 10.9 Å². The number of hydrogen-bond acceptors (Lipinski definition) is 2. The Morgan fingerprint density at radius 3 is 2.67 bits per heavy atom. The van der Waals surface area contributed by atoms with Crippen LogP contribution in [0, 0.1) is 5.92 Å². The van der Waals surface area contributed by atoms with Crippen LogP contribution >= 0.6 is 11.3 Å². The van der Waals surface area contributed by atoms with Gasteiger partial charge in [0.1, 0.15) is 0 Å². The van der Waals surface area contributed by atoms with Gasteiger partial charge in [0.25, 0.3) is 0 Å². The molecule has 1 rings (SSSR count). The highest BCUT2D eigenvalue weighted by atomic mass is 32.1. The first-order valence-electron chi connectivity index (χ1n) is 4.49. The molecule has 0 saturated carbocycles. The van der Waals surface area contributed by atoms with Crippen molar-refractivity contribution in [1.82, 2.24) is 0 Å². The van der Waals surface area contributed by atoms with Gasteiger partial charge in [-0.2, -0.15) is 0 Å². The van der Waals surface area contributed by atoms with Crippen LogP contribution < -0.4 is 5.73 Å². The number of rotatable bonds is 4. The van der Waals surface area contributed by atoms with Gasteiger partial charge in [-0.1, -0.05) is 19.9 Å². The van der Waals surface area contributed by atoms with Gasteiger partial charge in [-0.25, -0.2) is 0 Å². The van der Waals surface area contributed by atoms with Crippen molar-refractivity contribution in [2.24, 2.45) is 11.7 Å². The topological polar surface area (TPSA) is 26.0 Å². The fourth-order valence-corrected chi connectivity index (χ4v) is 1.92.